The highest BCUT2D eigenvalue weighted by atomic mass is 16.2. The van der Waals surface area contributed by atoms with E-state index in [0.29, 0.717) is 18.4 Å². The summed E-state index contributed by atoms with van der Waals surface area (Å²) in [5.74, 6) is -0.504. The fraction of sp³-hybridized carbons (Fsp3) is 0.677. The average Bonchev–Trinajstić information content (AvgIpc) is 3.52. The Morgan fingerprint density at radius 3 is 2.33 bits per heavy atom. The van der Waals surface area contributed by atoms with E-state index in [4.69, 9.17) is 0 Å². The zero-order valence-electron chi connectivity index (χ0n) is 24.2. The van der Waals surface area contributed by atoms with Gasteiger partial charge in [0.1, 0.15) is 12.1 Å². The molecule has 9 heteroatoms. The van der Waals surface area contributed by atoms with E-state index in [9.17, 15) is 19.2 Å². The Bertz CT molecular complexity index is 1090. The van der Waals surface area contributed by atoms with Gasteiger partial charge < -0.3 is 25.3 Å². The van der Waals surface area contributed by atoms with Crippen LogP contribution in [0.5, 0.6) is 0 Å². The summed E-state index contributed by atoms with van der Waals surface area (Å²) >= 11 is 0. The SMILES string of the molecule is CC(C)CC(NC(=O)c1ccc(N2CCN(C)CC2)cc1)C(=O)N1C(C(=O)C2CCCCC2)CC2NCC(=O)C21. The standard InChI is InChI=1S/C31H45N5O4/c1-20(2)17-25(33-30(39)22-9-11-23(12-10-22)35-15-13-34(3)14-16-35)31(40)36-26(18-24-28(36)27(37)19-32-24)29(38)21-7-5-4-6-8-21/h9-12,20-21,24-26,28,32H,4-8,13-19H2,1-3H3,(H,33,39). The van der Waals surface area contributed by atoms with Gasteiger partial charge in [0.05, 0.1) is 12.6 Å². The van der Waals surface area contributed by atoms with Crippen LogP contribution in [0.2, 0.25) is 0 Å². The maximum Gasteiger partial charge on any atom is 0.251 e. The van der Waals surface area contributed by atoms with Crippen LogP contribution >= 0.6 is 0 Å². The van der Waals surface area contributed by atoms with E-state index in [0.717, 1.165) is 64.0 Å². The Kier molecular flexibility index (Phi) is 8.90. The molecule has 3 aliphatic heterocycles. The van der Waals surface area contributed by atoms with Gasteiger partial charge in [0, 0.05) is 49.4 Å². The van der Waals surface area contributed by atoms with Crippen LogP contribution in [0.1, 0.15) is 69.2 Å². The Morgan fingerprint density at radius 1 is 1.00 bits per heavy atom. The molecule has 1 aromatic carbocycles. The van der Waals surface area contributed by atoms with Crippen molar-refractivity contribution in [1.82, 2.24) is 20.4 Å². The molecule has 9 nitrogen and oxygen atoms in total. The van der Waals surface area contributed by atoms with Crippen LogP contribution in [0, 0.1) is 11.8 Å². The average molecular weight is 552 g/mol. The zero-order chi connectivity index (χ0) is 28.4. The molecule has 1 aliphatic carbocycles. The first-order valence-corrected chi connectivity index (χ1v) is 15.2. The van der Waals surface area contributed by atoms with Crippen LogP contribution in [0.15, 0.2) is 24.3 Å². The predicted octanol–water partition coefficient (Wildman–Crippen LogP) is 2.24. The van der Waals surface area contributed by atoms with Gasteiger partial charge in [-0.2, -0.15) is 0 Å². The molecule has 5 rings (SSSR count). The van der Waals surface area contributed by atoms with Crippen molar-refractivity contribution in [1.29, 1.82) is 0 Å². The highest BCUT2D eigenvalue weighted by Crippen LogP contribution is 2.35. The predicted molar refractivity (Wildman–Crippen MR) is 154 cm³/mol. The number of hydrogen-bond acceptors (Lipinski definition) is 7. The first kappa shape index (κ1) is 28.7. The normalized spacial score (nSPS) is 26.7. The van der Waals surface area contributed by atoms with E-state index in [1.54, 1.807) is 4.90 Å². The van der Waals surface area contributed by atoms with Crippen molar-refractivity contribution in [2.75, 3.05) is 44.7 Å². The number of likely N-dealkylation sites (N-methyl/N-ethyl adjacent to an activating group) is 1. The van der Waals surface area contributed by atoms with Crippen LogP contribution in [0.25, 0.3) is 0 Å². The Hall–Kier alpha value is -2.78. The number of piperazine rings is 1. The molecular formula is C31H45N5O4. The van der Waals surface area contributed by atoms with Crippen molar-refractivity contribution >= 4 is 29.1 Å². The monoisotopic (exact) mass is 551 g/mol. The summed E-state index contributed by atoms with van der Waals surface area (Å²) in [7, 11) is 2.12. The number of nitrogens with one attached hydrogen (secondary N) is 2. The molecule has 3 heterocycles. The van der Waals surface area contributed by atoms with Crippen molar-refractivity contribution in [3.63, 3.8) is 0 Å². The number of likely N-dealkylation sites (tertiary alicyclic amines) is 1. The number of Topliss-reactive ketones (excluding diaryl/α,β-unsaturated/α-hetero) is 2. The minimum Gasteiger partial charge on any atom is -0.369 e. The van der Waals surface area contributed by atoms with E-state index < -0.39 is 18.1 Å². The third-order valence-corrected chi connectivity index (χ3v) is 9.26. The second-order valence-electron chi connectivity index (χ2n) is 12.6. The van der Waals surface area contributed by atoms with Gasteiger partial charge in [-0.1, -0.05) is 33.1 Å². The largest absolute Gasteiger partial charge is 0.369 e. The van der Waals surface area contributed by atoms with Gasteiger partial charge in [0.25, 0.3) is 5.91 Å². The third-order valence-electron chi connectivity index (χ3n) is 9.26. The summed E-state index contributed by atoms with van der Waals surface area (Å²) in [6, 6.07) is 5.29. The summed E-state index contributed by atoms with van der Waals surface area (Å²) in [4.78, 5) is 60.4. The molecule has 0 radical (unpaired) electrons. The van der Waals surface area contributed by atoms with Crippen LogP contribution in [-0.4, -0.2) is 97.1 Å². The number of hydrogen-bond donors (Lipinski definition) is 2. The molecule has 4 unspecified atom stereocenters. The summed E-state index contributed by atoms with van der Waals surface area (Å²) in [5, 5.41) is 6.22. The molecule has 2 amide bonds. The van der Waals surface area contributed by atoms with E-state index in [2.05, 4.69) is 27.5 Å². The van der Waals surface area contributed by atoms with E-state index in [1.807, 2.05) is 38.1 Å². The van der Waals surface area contributed by atoms with E-state index in [-0.39, 0.29) is 47.8 Å². The molecule has 4 atom stereocenters. The quantitative estimate of drug-likeness (QED) is 0.511. The maximum atomic E-state index is 14.2. The molecule has 0 bridgehead atoms. The lowest BCUT2D eigenvalue weighted by Gasteiger charge is -2.34. The number of amides is 2. The molecule has 0 spiro atoms. The van der Waals surface area contributed by atoms with Crippen LogP contribution < -0.4 is 15.5 Å². The molecule has 0 aromatic heterocycles. The fourth-order valence-corrected chi connectivity index (χ4v) is 6.99. The Balaban J connectivity index is 1.33. The van der Waals surface area contributed by atoms with Crippen LogP contribution in [-0.2, 0) is 14.4 Å². The number of benzene rings is 1. The van der Waals surface area contributed by atoms with Gasteiger partial charge in [0.2, 0.25) is 5.91 Å². The van der Waals surface area contributed by atoms with Gasteiger partial charge in [-0.05, 0) is 62.9 Å². The Morgan fingerprint density at radius 2 is 1.68 bits per heavy atom. The molecule has 1 aromatic rings. The second-order valence-corrected chi connectivity index (χ2v) is 12.6. The van der Waals surface area contributed by atoms with Crippen LogP contribution in [0.4, 0.5) is 5.69 Å². The number of ketones is 2. The van der Waals surface area contributed by atoms with Gasteiger partial charge in [-0.15, -0.1) is 0 Å². The smallest absolute Gasteiger partial charge is 0.251 e. The minimum atomic E-state index is -0.807. The van der Waals surface area contributed by atoms with Crippen LogP contribution in [0.3, 0.4) is 0 Å². The number of carbonyl (C=O) groups is 4. The first-order valence-electron chi connectivity index (χ1n) is 15.2. The zero-order valence-corrected chi connectivity index (χ0v) is 24.2. The summed E-state index contributed by atoms with van der Waals surface area (Å²) < 4.78 is 0. The van der Waals surface area contributed by atoms with E-state index >= 15 is 0 Å². The lowest BCUT2D eigenvalue weighted by atomic mass is 9.83. The van der Waals surface area contributed by atoms with Crippen molar-refractivity contribution < 1.29 is 19.2 Å². The van der Waals surface area contributed by atoms with Gasteiger partial charge in [-0.25, -0.2) is 0 Å². The molecule has 3 saturated heterocycles. The van der Waals surface area contributed by atoms with E-state index in [1.165, 1.54) is 0 Å². The second kappa shape index (κ2) is 12.4. The lowest BCUT2D eigenvalue weighted by Crippen LogP contribution is -2.57. The van der Waals surface area contributed by atoms with Gasteiger partial charge in [0.15, 0.2) is 11.6 Å². The van der Waals surface area contributed by atoms with Gasteiger partial charge >= 0.3 is 0 Å². The first-order chi connectivity index (χ1) is 19.2. The molecule has 2 N–H and O–H groups in total. The van der Waals surface area contributed by atoms with Crippen molar-refractivity contribution in [2.24, 2.45) is 11.8 Å². The third kappa shape index (κ3) is 6.10. The Labute approximate surface area is 238 Å². The number of rotatable bonds is 8. The van der Waals surface area contributed by atoms with Crippen molar-refractivity contribution in [3.8, 4) is 0 Å². The highest BCUT2D eigenvalue weighted by Gasteiger charge is 2.54. The van der Waals surface area contributed by atoms with Crippen molar-refractivity contribution in [3.05, 3.63) is 29.8 Å². The van der Waals surface area contributed by atoms with Gasteiger partial charge in [-0.3, -0.25) is 19.2 Å². The van der Waals surface area contributed by atoms with Crippen molar-refractivity contribution in [2.45, 2.75) is 83.0 Å². The molecule has 40 heavy (non-hydrogen) atoms. The molecule has 4 aliphatic rings. The fourth-order valence-electron chi connectivity index (χ4n) is 6.99. The topological polar surface area (TPSA) is 102 Å². The molecule has 4 fully saturated rings. The highest BCUT2D eigenvalue weighted by molar-refractivity contribution is 6.02. The summed E-state index contributed by atoms with van der Waals surface area (Å²) in [6.07, 6.45) is 5.80. The number of carbonyl (C=O) groups excluding carboxylic acids is 4. The molecule has 1 saturated carbocycles. The summed E-state index contributed by atoms with van der Waals surface area (Å²) in [5.41, 5.74) is 1.58. The number of nitrogens with zero attached hydrogens (tertiary/aromatic N) is 3. The lowest BCUT2D eigenvalue weighted by molar-refractivity contribution is -0.145. The molecular weight excluding hydrogens is 506 g/mol. The number of fused-ring (bicyclic) bond motifs is 1. The molecule has 218 valence electrons. The summed E-state index contributed by atoms with van der Waals surface area (Å²) in [6.45, 7) is 8.13. The maximum absolute atomic E-state index is 14.2. The minimum absolute atomic E-state index is 0.0496. The number of anilines is 1.